The van der Waals surface area contributed by atoms with Crippen molar-refractivity contribution in [3.8, 4) is 0 Å². The number of nitrogens with zero attached hydrogens (tertiary/aromatic N) is 1. The van der Waals surface area contributed by atoms with Crippen LogP contribution < -0.4 is 0 Å². The van der Waals surface area contributed by atoms with Crippen molar-refractivity contribution >= 4 is 26.5 Å². The molecule has 0 fully saturated rings. The summed E-state index contributed by atoms with van der Waals surface area (Å²) in [6, 6.07) is -0.0824. The maximum absolute atomic E-state index is 11.3. The van der Waals surface area contributed by atoms with Crippen LogP contribution in [0.15, 0.2) is 0 Å². The Morgan fingerprint density at radius 2 is 0.712 bits per heavy atom. The van der Waals surface area contributed by atoms with E-state index in [2.05, 4.69) is 20.9 Å². The lowest BCUT2D eigenvalue weighted by Gasteiger charge is -2.38. The molecule has 0 aromatic carbocycles. The Balaban J connectivity index is 6.75. The molecule has 0 rings (SSSR count). The molecule has 0 unspecified atom stereocenters. The van der Waals surface area contributed by atoms with Gasteiger partial charge in [0.05, 0.1) is 52.7 Å². The highest BCUT2D eigenvalue weighted by molar-refractivity contribution is 6.67. The first kappa shape index (κ1) is 64.0. The van der Waals surface area contributed by atoms with E-state index in [1.54, 1.807) is 0 Å². The van der Waals surface area contributed by atoms with Crippen molar-refractivity contribution in [1.82, 2.24) is 0 Å². The molecule has 392 valence electrons. The molecule has 0 heterocycles. The molecule has 23 heteroatoms. The van der Waals surface area contributed by atoms with Crippen molar-refractivity contribution in [2.24, 2.45) is 0 Å². The topological polar surface area (TPSA) is 382 Å². The van der Waals surface area contributed by atoms with Gasteiger partial charge < -0.3 is 94.7 Å². The number of carboxylic acid groups (broad SMARTS) is 3. The van der Waals surface area contributed by atoms with Crippen molar-refractivity contribution in [1.29, 1.82) is 0 Å². The maximum atomic E-state index is 11.3. The number of carbonyl (C=O) groups is 3. The largest absolute Gasteiger partial charge is 0.479 e. The van der Waals surface area contributed by atoms with Crippen LogP contribution >= 0.6 is 0 Å². The fourth-order valence-corrected chi connectivity index (χ4v) is 10.2. The molecule has 0 aliphatic rings. The van der Waals surface area contributed by atoms with Crippen LogP contribution in [0.4, 0.5) is 0 Å². The Morgan fingerprint density at radius 3 is 1.03 bits per heavy atom. The molecule has 0 aromatic heterocycles. The summed E-state index contributed by atoms with van der Waals surface area (Å²) in [5, 5.41) is 151. The predicted molar refractivity (Wildman–Crippen MR) is 239 cm³/mol. The monoisotopic (exact) mass is 981 g/mol. The van der Waals surface area contributed by atoms with Crippen LogP contribution in [0, 0.1) is 0 Å². The van der Waals surface area contributed by atoms with Crippen molar-refractivity contribution in [2.45, 2.75) is 202 Å². The molecule has 15 N–H and O–H groups in total. The van der Waals surface area contributed by atoms with Crippen LogP contribution in [-0.4, -0.2) is 234 Å². The van der Waals surface area contributed by atoms with E-state index in [0.29, 0.717) is 11.0 Å². The average Bonchev–Trinajstić information content (AvgIpc) is 3.28. The van der Waals surface area contributed by atoms with Crippen LogP contribution in [0.1, 0.15) is 123 Å². The van der Waals surface area contributed by atoms with E-state index in [4.69, 9.17) is 28.9 Å². The van der Waals surface area contributed by atoms with Crippen LogP contribution in [0.25, 0.3) is 0 Å². The van der Waals surface area contributed by atoms with Gasteiger partial charge in [0, 0.05) is 0 Å². The van der Waals surface area contributed by atoms with E-state index >= 15 is 0 Å². The molecule has 22 nitrogen and oxygen atoms in total. The summed E-state index contributed by atoms with van der Waals surface area (Å²) in [6.45, 7) is 3.70. The minimum atomic E-state index is -4.26. The van der Waals surface area contributed by atoms with E-state index in [1.165, 1.54) is 38.5 Å². The highest BCUT2D eigenvalue weighted by Crippen LogP contribution is 2.24. The first-order valence-electron chi connectivity index (χ1n) is 23.6. The fourth-order valence-electron chi connectivity index (χ4n) is 7.45. The molecule has 0 bridgehead atoms. The van der Waals surface area contributed by atoms with Crippen LogP contribution in [0.3, 0.4) is 0 Å². The Bertz CT molecular complexity index is 1230. The molecule has 66 heavy (non-hydrogen) atoms. The normalized spacial score (nSPS) is 18.0. The summed E-state index contributed by atoms with van der Waals surface area (Å²) in [6.07, 6.45) is -10.5. The molecule has 0 amide bonds. The van der Waals surface area contributed by atoms with Gasteiger partial charge >= 0.3 is 26.5 Å². The van der Waals surface area contributed by atoms with Gasteiger partial charge in [-0.15, -0.1) is 0 Å². The van der Waals surface area contributed by atoms with Crippen molar-refractivity contribution in [3.05, 3.63) is 0 Å². The van der Waals surface area contributed by atoms with Crippen molar-refractivity contribution < 1.29 is 109 Å². The molecule has 0 spiro atoms. The maximum Gasteiger partial charge on any atom is 0.365 e. The lowest BCUT2D eigenvalue weighted by Crippen LogP contribution is -2.56. The summed E-state index contributed by atoms with van der Waals surface area (Å²) in [5.41, 5.74) is 0. The lowest BCUT2D eigenvalue weighted by molar-refractivity contribution is -0.910. The first-order chi connectivity index (χ1) is 31.0. The highest BCUT2D eigenvalue weighted by Gasteiger charge is 2.44. The molecule has 0 radical (unpaired) electrons. The zero-order valence-corrected chi connectivity index (χ0v) is 40.2. The Kier molecular flexibility index (Phi) is 34.1. The second kappa shape index (κ2) is 35.1. The molecule has 0 aliphatic carbocycles. The summed E-state index contributed by atoms with van der Waals surface area (Å²) < 4.78 is 18.5. The van der Waals surface area contributed by atoms with Gasteiger partial charge in [-0.3, -0.25) is 0 Å². The Morgan fingerprint density at radius 1 is 0.424 bits per heavy atom. The minimum absolute atomic E-state index is 0.0824. The minimum Gasteiger partial charge on any atom is -0.479 e. The third-order valence-electron chi connectivity index (χ3n) is 12.0. The zero-order valence-electron chi connectivity index (χ0n) is 39.2. The van der Waals surface area contributed by atoms with E-state index in [-0.39, 0.29) is 12.5 Å². The number of quaternary nitrogens is 1. The van der Waals surface area contributed by atoms with Gasteiger partial charge in [0.25, 0.3) is 0 Å². The smallest absolute Gasteiger partial charge is 0.365 e. The van der Waals surface area contributed by atoms with Crippen LogP contribution in [-0.2, 0) is 28.0 Å². The number of carboxylic acids is 3. The number of aliphatic carboxylic acids is 3. The SMILES string of the molecule is CCCCCCCCCC[N+](C)(CCCCCCCCCC)CCC[Si](COC[C@@H](O)[C@@H](O)[C@H](O)[C@@H](O)C(=O)O)(OC[C@@H](O)[C@@H](O)[C@H](O)[C@@H](O)C(=O)O)OC[C@@H](O)[C@@H](O)[C@H](O)[C@@H](O)C(=O)O. The Labute approximate surface area is 389 Å². The fraction of sp³-hybridized carbons (Fsp3) is 0.930. The molecule has 0 saturated carbocycles. The van der Waals surface area contributed by atoms with E-state index < -0.39 is 126 Å². The summed E-state index contributed by atoms with van der Waals surface area (Å²) >= 11 is 0. The predicted octanol–water partition coefficient (Wildman–Crippen LogP) is -1.28. The van der Waals surface area contributed by atoms with Crippen LogP contribution in [0.2, 0.25) is 6.04 Å². The number of rotatable bonds is 44. The van der Waals surface area contributed by atoms with Crippen molar-refractivity contribution in [2.75, 3.05) is 52.7 Å². The molecule has 0 aromatic rings. The second-order valence-corrected chi connectivity index (χ2v) is 21.1. The summed E-state index contributed by atoms with van der Waals surface area (Å²) in [7, 11) is -2.15. The van der Waals surface area contributed by atoms with Gasteiger partial charge in [0.15, 0.2) is 18.3 Å². The highest BCUT2D eigenvalue weighted by atomic mass is 28.4. The molecule has 0 aliphatic heterocycles. The lowest BCUT2D eigenvalue weighted by atomic mass is 10.0. The van der Waals surface area contributed by atoms with E-state index in [9.17, 15) is 75.7 Å². The quantitative estimate of drug-likeness (QED) is 0.0192. The average molecular weight is 981 g/mol. The van der Waals surface area contributed by atoms with Crippen LogP contribution in [0.5, 0.6) is 0 Å². The van der Waals surface area contributed by atoms with Gasteiger partial charge in [-0.2, -0.15) is 0 Å². The van der Waals surface area contributed by atoms with E-state index in [1.807, 2.05) is 0 Å². The number of aliphatic hydroxyl groups is 12. The van der Waals surface area contributed by atoms with Gasteiger partial charge in [-0.05, 0) is 38.1 Å². The molecule has 12 atom stereocenters. The van der Waals surface area contributed by atoms with Gasteiger partial charge in [0.2, 0.25) is 0 Å². The molecular weight excluding hydrogens is 895 g/mol. The second-order valence-electron chi connectivity index (χ2n) is 17.9. The van der Waals surface area contributed by atoms with Gasteiger partial charge in [-0.25, -0.2) is 14.4 Å². The number of unbranched alkanes of at least 4 members (excludes halogenated alkanes) is 14. The molecule has 0 saturated heterocycles. The number of hydrogen-bond donors (Lipinski definition) is 15. The third-order valence-corrected chi connectivity index (χ3v) is 15.1. The number of aliphatic hydroxyl groups excluding tert-OH is 12. The molecular formula is C43H86NO21Si+. The third kappa shape index (κ3) is 25.6. The first-order valence-corrected chi connectivity index (χ1v) is 25.8. The number of ether oxygens (including phenoxy) is 1. The van der Waals surface area contributed by atoms with E-state index in [0.717, 1.165) is 77.3 Å². The standard InChI is InChI=1S/C43H85NO21Si/c1-4-6-8-10-12-14-16-18-21-44(3,22-19-17-15-13-11-9-7-5-2)23-20-24-66(64-26-30(46)33(49)36(52)39(55)42(59)60,65-27-31(47)34(50)37(53)40(56)43(61)62)28-63-25-29(45)32(48)35(51)38(54)41(57)58/h29-40,45-56H,4-28H2,1-3H3,(H2-,57,58,59,60,61,62)/p+1/t29-,30-,31-,32-,33-,34-,35+,36+,37+,38-,39-,40-/m1/s1. The zero-order chi connectivity index (χ0) is 50.5. The summed E-state index contributed by atoms with van der Waals surface area (Å²) in [5.74, 6) is -5.74. The number of hydrogen-bond acceptors (Lipinski definition) is 18. The van der Waals surface area contributed by atoms with Gasteiger partial charge in [0.1, 0.15) is 54.9 Å². The Hall–Kier alpha value is -2.01. The van der Waals surface area contributed by atoms with Crippen molar-refractivity contribution in [3.63, 3.8) is 0 Å². The van der Waals surface area contributed by atoms with Gasteiger partial charge in [-0.1, -0.05) is 90.9 Å². The summed E-state index contributed by atoms with van der Waals surface area (Å²) in [4.78, 5) is 33.7.